The lowest BCUT2D eigenvalue weighted by molar-refractivity contribution is -0.146. The number of carbonyl (C=O) groups is 2. The van der Waals surface area contributed by atoms with Crippen molar-refractivity contribution in [3.63, 3.8) is 0 Å². The smallest absolute Gasteiger partial charge is 0.257 e. The molecule has 2 aliphatic carbocycles. The molecule has 0 aliphatic heterocycles. The summed E-state index contributed by atoms with van der Waals surface area (Å²) in [5.41, 5.74) is -0.136. The standard InChI is InChI=1S/C27H34FN3O4S/c1-5-11-31(4)22(34)13-18-23-19(14-20-26(18,2)10-9-21(33)27(20,3)15-32)36-25(29-23)30-24(35)16-7-6-8-17(28)12-16/h5-8,12,18,20-21,32-33H,1,9-11,13-15H2,2-4H3,(H,29,30,35). The average molecular weight is 516 g/mol. The van der Waals surface area contributed by atoms with Gasteiger partial charge in [-0.3, -0.25) is 14.9 Å². The number of halogens is 1. The van der Waals surface area contributed by atoms with Gasteiger partial charge in [-0.25, -0.2) is 9.37 Å². The minimum Gasteiger partial charge on any atom is -0.396 e. The molecule has 3 N–H and O–H groups in total. The normalized spacial score (nSPS) is 29.1. The number of carbonyl (C=O) groups excluding carboxylic acids is 2. The van der Waals surface area contributed by atoms with Crippen molar-refractivity contribution in [1.82, 2.24) is 9.88 Å². The quantitative estimate of drug-likeness (QED) is 0.484. The van der Waals surface area contributed by atoms with Crippen LogP contribution in [0.25, 0.3) is 0 Å². The third kappa shape index (κ3) is 4.60. The first kappa shape index (κ1) is 26.4. The van der Waals surface area contributed by atoms with Crippen molar-refractivity contribution < 1.29 is 24.2 Å². The Morgan fingerprint density at radius 2 is 2.14 bits per heavy atom. The van der Waals surface area contributed by atoms with Gasteiger partial charge in [0.1, 0.15) is 5.82 Å². The molecule has 194 valence electrons. The number of nitrogens with zero attached hydrogens (tertiary/aromatic N) is 2. The molecule has 5 atom stereocenters. The summed E-state index contributed by atoms with van der Waals surface area (Å²) in [6.45, 7) is 8.04. The lowest BCUT2D eigenvalue weighted by Crippen LogP contribution is -2.57. The highest BCUT2D eigenvalue weighted by molar-refractivity contribution is 7.15. The number of amides is 2. The van der Waals surface area contributed by atoms with E-state index in [0.717, 1.165) is 10.6 Å². The molecule has 0 radical (unpaired) electrons. The first-order chi connectivity index (χ1) is 17.0. The predicted molar refractivity (Wildman–Crippen MR) is 137 cm³/mol. The Kier molecular flexibility index (Phi) is 7.37. The molecule has 1 heterocycles. The van der Waals surface area contributed by atoms with Crippen LogP contribution < -0.4 is 5.32 Å². The van der Waals surface area contributed by atoms with Crippen LogP contribution >= 0.6 is 11.3 Å². The van der Waals surface area contributed by atoms with E-state index in [1.807, 2.05) is 6.92 Å². The molecular formula is C27H34FN3O4S. The number of nitrogens with one attached hydrogen (secondary N) is 1. The number of anilines is 1. The second kappa shape index (κ2) is 10.0. The summed E-state index contributed by atoms with van der Waals surface area (Å²) in [5, 5.41) is 24.4. The predicted octanol–water partition coefficient (Wildman–Crippen LogP) is 3.98. The van der Waals surface area contributed by atoms with E-state index in [4.69, 9.17) is 4.98 Å². The number of hydrogen-bond acceptors (Lipinski definition) is 6. The minimum atomic E-state index is -0.728. The molecule has 4 rings (SSSR count). The maximum absolute atomic E-state index is 13.6. The topological polar surface area (TPSA) is 103 Å². The summed E-state index contributed by atoms with van der Waals surface area (Å²) < 4.78 is 13.6. The maximum Gasteiger partial charge on any atom is 0.257 e. The highest BCUT2D eigenvalue weighted by atomic mass is 32.1. The fourth-order valence-electron chi connectivity index (χ4n) is 6.12. The molecule has 0 spiro atoms. The van der Waals surface area contributed by atoms with Crippen LogP contribution in [0.3, 0.4) is 0 Å². The molecule has 5 unspecified atom stereocenters. The minimum absolute atomic E-state index is 0.0390. The molecule has 1 fully saturated rings. The van der Waals surface area contributed by atoms with Crippen molar-refractivity contribution in [2.45, 2.75) is 51.6 Å². The molecule has 2 aliphatic rings. The summed E-state index contributed by atoms with van der Waals surface area (Å²) in [7, 11) is 1.74. The van der Waals surface area contributed by atoms with Gasteiger partial charge < -0.3 is 15.1 Å². The lowest BCUT2D eigenvalue weighted by atomic mass is 9.47. The van der Waals surface area contributed by atoms with Crippen LogP contribution in [0.1, 0.15) is 60.0 Å². The fourth-order valence-corrected chi connectivity index (χ4v) is 7.19. The molecule has 0 bridgehead atoms. The molecule has 1 aromatic heterocycles. The number of fused-ring (bicyclic) bond motifs is 2. The molecule has 7 nitrogen and oxygen atoms in total. The van der Waals surface area contributed by atoms with Crippen LogP contribution in [0.5, 0.6) is 0 Å². The van der Waals surface area contributed by atoms with Gasteiger partial charge in [0, 0.05) is 41.8 Å². The molecular weight excluding hydrogens is 481 g/mol. The van der Waals surface area contributed by atoms with E-state index in [-0.39, 0.29) is 41.7 Å². The first-order valence-corrected chi connectivity index (χ1v) is 13.1. The number of aliphatic hydroxyl groups is 2. The molecule has 0 saturated heterocycles. The molecule has 9 heteroatoms. The Balaban J connectivity index is 1.72. The van der Waals surface area contributed by atoms with Crippen molar-refractivity contribution in [2.24, 2.45) is 16.7 Å². The molecule has 36 heavy (non-hydrogen) atoms. The fraction of sp³-hybridized carbons (Fsp3) is 0.519. The largest absolute Gasteiger partial charge is 0.396 e. The number of likely N-dealkylation sites (N-methyl/N-ethyl adjacent to an activating group) is 1. The van der Waals surface area contributed by atoms with Gasteiger partial charge in [0.2, 0.25) is 5.91 Å². The lowest BCUT2D eigenvalue weighted by Gasteiger charge is -2.58. The van der Waals surface area contributed by atoms with Crippen LogP contribution in [0.15, 0.2) is 36.9 Å². The van der Waals surface area contributed by atoms with Gasteiger partial charge in [-0.05, 0) is 48.8 Å². The summed E-state index contributed by atoms with van der Waals surface area (Å²) in [5.74, 6) is -1.33. The summed E-state index contributed by atoms with van der Waals surface area (Å²) in [6.07, 6.45) is 3.06. The van der Waals surface area contributed by atoms with Crippen LogP contribution in [-0.2, 0) is 11.2 Å². The molecule has 2 amide bonds. The Hall–Kier alpha value is -2.62. The van der Waals surface area contributed by atoms with E-state index in [9.17, 15) is 24.2 Å². The Labute approximate surface area is 215 Å². The number of hydrogen-bond donors (Lipinski definition) is 3. The first-order valence-electron chi connectivity index (χ1n) is 12.2. The third-order valence-electron chi connectivity index (χ3n) is 8.41. The van der Waals surface area contributed by atoms with Gasteiger partial charge in [-0.1, -0.05) is 26.0 Å². The van der Waals surface area contributed by atoms with Crippen molar-refractivity contribution in [1.29, 1.82) is 0 Å². The highest BCUT2D eigenvalue weighted by Gasteiger charge is 2.59. The zero-order chi connectivity index (χ0) is 26.3. The van der Waals surface area contributed by atoms with E-state index in [2.05, 4.69) is 18.8 Å². The second-order valence-electron chi connectivity index (χ2n) is 10.6. The summed E-state index contributed by atoms with van der Waals surface area (Å²) in [6, 6.07) is 5.46. The second-order valence-corrected chi connectivity index (χ2v) is 11.7. The summed E-state index contributed by atoms with van der Waals surface area (Å²) >= 11 is 1.34. The van der Waals surface area contributed by atoms with Gasteiger partial charge in [0.15, 0.2) is 5.13 Å². The van der Waals surface area contributed by atoms with E-state index in [1.54, 1.807) is 18.0 Å². The summed E-state index contributed by atoms with van der Waals surface area (Å²) in [4.78, 5) is 33.3. The Bertz CT molecular complexity index is 1170. The van der Waals surface area contributed by atoms with E-state index in [0.29, 0.717) is 30.9 Å². The number of benzene rings is 1. The third-order valence-corrected chi connectivity index (χ3v) is 9.42. The van der Waals surface area contributed by atoms with E-state index in [1.165, 1.54) is 35.6 Å². The SMILES string of the molecule is C=CCN(C)C(=O)CC1c2nc(NC(=O)c3cccc(F)c3)sc2CC2C(C)(CO)C(O)CCC12C. The van der Waals surface area contributed by atoms with Crippen molar-refractivity contribution >= 4 is 28.3 Å². The zero-order valence-corrected chi connectivity index (χ0v) is 21.8. The van der Waals surface area contributed by atoms with Crippen LogP contribution in [0.4, 0.5) is 9.52 Å². The Morgan fingerprint density at radius 1 is 1.39 bits per heavy atom. The maximum atomic E-state index is 13.6. The van der Waals surface area contributed by atoms with Gasteiger partial charge in [0.25, 0.3) is 5.91 Å². The average Bonchev–Trinajstić information content (AvgIpc) is 3.25. The van der Waals surface area contributed by atoms with Gasteiger partial charge in [0.05, 0.1) is 18.4 Å². The van der Waals surface area contributed by atoms with E-state index >= 15 is 0 Å². The number of aromatic nitrogens is 1. The van der Waals surface area contributed by atoms with Gasteiger partial charge in [-0.2, -0.15) is 0 Å². The van der Waals surface area contributed by atoms with Gasteiger partial charge >= 0.3 is 0 Å². The van der Waals surface area contributed by atoms with E-state index < -0.39 is 23.2 Å². The molecule has 2 aromatic rings. The Morgan fingerprint density at radius 3 is 2.81 bits per heavy atom. The molecule has 1 aromatic carbocycles. The number of aliphatic hydroxyl groups excluding tert-OH is 2. The van der Waals surface area contributed by atoms with Crippen LogP contribution in [-0.4, -0.2) is 58.2 Å². The number of rotatable bonds is 7. The van der Waals surface area contributed by atoms with Crippen molar-refractivity contribution in [3.8, 4) is 0 Å². The molecule has 1 saturated carbocycles. The number of thiazole rings is 1. The van der Waals surface area contributed by atoms with Crippen LogP contribution in [0.2, 0.25) is 0 Å². The van der Waals surface area contributed by atoms with Gasteiger partial charge in [-0.15, -0.1) is 17.9 Å². The zero-order valence-electron chi connectivity index (χ0n) is 21.0. The highest BCUT2D eigenvalue weighted by Crippen LogP contribution is 2.62. The monoisotopic (exact) mass is 515 g/mol. The van der Waals surface area contributed by atoms with Crippen molar-refractivity contribution in [2.75, 3.05) is 25.5 Å². The van der Waals surface area contributed by atoms with Crippen LogP contribution in [0, 0.1) is 22.6 Å². The van der Waals surface area contributed by atoms with Crippen molar-refractivity contribution in [3.05, 3.63) is 58.9 Å².